The van der Waals surface area contributed by atoms with Gasteiger partial charge in [0, 0.05) is 15.8 Å². The number of hydrogen-bond donors (Lipinski definition) is 3. The topological polar surface area (TPSA) is 74.5 Å². The molecule has 0 aromatic carbocycles. The van der Waals surface area contributed by atoms with E-state index in [0.717, 1.165) is 21.2 Å². The first kappa shape index (κ1) is 14.8. The summed E-state index contributed by atoms with van der Waals surface area (Å²) in [5, 5.41) is 20.1. The maximum absolute atomic E-state index is 11.7. The zero-order chi connectivity index (χ0) is 15.4. The molecule has 0 saturated heterocycles. The quantitative estimate of drug-likeness (QED) is 0.662. The van der Waals surface area contributed by atoms with Crippen LogP contribution in [-0.4, -0.2) is 17.7 Å². The molecule has 1 atom stereocenters. The predicted molar refractivity (Wildman–Crippen MR) is 88.3 cm³/mol. The van der Waals surface area contributed by atoms with Crippen LogP contribution in [0.25, 0.3) is 11.3 Å². The fourth-order valence-corrected chi connectivity index (χ4v) is 3.39. The summed E-state index contributed by atoms with van der Waals surface area (Å²) in [6, 6.07) is 8.90. The number of furan rings is 1. The van der Waals surface area contributed by atoms with E-state index in [1.165, 1.54) is 22.7 Å². The molecule has 0 aliphatic carbocycles. The Morgan fingerprint density at radius 1 is 1.32 bits per heavy atom. The third kappa shape index (κ3) is 3.56. The summed E-state index contributed by atoms with van der Waals surface area (Å²) in [5.41, 5.74) is 0.923. The number of carbonyl (C=O) groups excluding carboxylic acids is 1. The van der Waals surface area contributed by atoms with Crippen LogP contribution in [0.4, 0.5) is 9.80 Å². The molecule has 0 aliphatic rings. The highest BCUT2D eigenvalue weighted by atomic mass is 32.1. The van der Waals surface area contributed by atoms with Gasteiger partial charge in [0.05, 0.1) is 17.8 Å². The second-order valence-electron chi connectivity index (χ2n) is 4.54. The van der Waals surface area contributed by atoms with Gasteiger partial charge in [-0.15, -0.1) is 22.7 Å². The van der Waals surface area contributed by atoms with Gasteiger partial charge in [-0.1, -0.05) is 0 Å². The van der Waals surface area contributed by atoms with Gasteiger partial charge in [-0.05, 0) is 35.7 Å². The number of rotatable bonds is 5. The van der Waals surface area contributed by atoms with Gasteiger partial charge in [-0.25, -0.2) is 4.79 Å². The first-order valence-corrected chi connectivity index (χ1v) is 8.37. The molecule has 0 fully saturated rings. The lowest BCUT2D eigenvalue weighted by molar-refractivity contribution is 0.178. The molecule has 2 amide bonds. The van der Waals surface area contributed by atoms with Gasteiger partial charge >= 0.3 is 6.03 Å². The van der Waals surface area contributed by atoms with Crippen molar-refractivity contribution in [1.82, 2.24) is 5.32 Å². The summed E-state index contributed by atoms with van der Waals surface area (Å²) in [4.78, 5) is 12.5. The molecule has 3 heterocycles. The van der Waals surface area contributed by atoms with E-state index in [1.54, 1.807) is 6.26 Å². The molecule has 114 valence electrons. The zero-order valence-corrected chi connectivity index (χ0v) is 13.1. The molecule has 3 rings (SSSR count). The number of hydrogen-bond acceptors (Lipinski definition) is 5. The first-order valence-electron chi connectivity index (χ1n) is 6.61. The van der Waals surface area contributed by atoms with Crippen molar-refractivity contribution in [1.29, 1.82) is 0 Å². The Morgan fingerprint density at radius 3 is 2.95 bits per heavy atom. The van der Waals surface area contributed by atoms with Crippen LogP contribution in [0.1, 0.15) is 11.0 Å². The summed E-state index contributed by atoms with van der Waals surface area (Å²) in [5.74, 6) is 0.762. The molecule has 0 radical (unpaired) electrons. The van der Waals surface area contributed by atoms with E-state index in [-0.39, 0.29) is 12.6 Å². The van der Waals surface area contributed by atoms with Crippen LogP contribution in [0.2, 0.25) is 0 Å². The number of nitrogens with one attached hydrogen (secondary N) is 2. The van der Waals surface area contributed by atoms with E-state index in [0.29, 0.717) is 0 Å². The molecular weight excluding hydrogens is 320 g/mol. The fraction of sp³-hybridized carbons (Fsp3) is 0.133. The standard InChI is InChI=1S/C15H14N2O3S2/c18-11(8-16-15(19)17-14-4-2-6-21-14)13-7-10(9-22-13)12-3-1-5-20-12/h1-7,9,11,18H,8H2,(H2,16,17,19). The molecule has 5 nitrogen and oxygen atoms in total. The number of anilines is 1. The molecule has 0 aliphatic heterocycles. The lowest BCUT2D eigenvalue weighted by Crippen LogP contribution is -2.31. The van der Waals surface area contributed by atoms with Gasteiger partial charge in [0.25, 0.3) is 0 Å². The molecule has 3 aromatic heterocycles. The number of carbonyl (C=O) groups is 1. The summed E-state index contributed by atoms with van der Waals surface area (Å²) in [6.07, 6.45) is 0.863. The van der Waals surface area contributed by atoms with Crippen LogP contribution >= 0.6 is 22.7 Å². The number of urea groups is 1. The van der Waals surface area contributed by atoms with Gasteiger partial charge < -0.3 is 14.8 Å². The molecule has 0 bridgehead atoms. The number of amides is 2. The highest BCUT2D eigenvalue weighted by Crippen LogP contribution is 2.29. The molecule has 1 unspecified atom stereocenters. The molecule has 7 heteroatoms. The average Bonchev–Trinajstić information content (AvgIpc) is 3.23. The van der Waals surface area contributed by atoms with E-state index in [9.17, 15) is 9.90 Å². The number of thiophene rings is 2. The maximum Gasteiger partial charge on any atom is 0.319 e. The normalized spacial score (nSPS) is 12.0. The monoisotopic (exact) mass is 334 g/mol. The smallest absolute Gasteiger partial charge is 0.319 e. The second kappa shape index (κ2) is 6.78. The van der Waals surface area contributed by atoms with Crippen molar-refractivity contribution >= 4 is 33.7 Å². The Morgan fingerprint density at radius 2 is 2.23 bits per heavy atom. The zero-order valence-electron chi connectivity index (χ0n) is 11.5. The van der Waals surface area contributed by atoms with Gasteiger partial charge in [-0.3, -0.25) is 5.32 Å². The van der Waals surface area contributed by atoms with Crippen LogP contribution in [-0.2, 0) is 0 Å². The van der Waals surface area contributed by atoms with Crippen molar-refractivity contribution in [2.45, 2.75) is 6.10 Å². The molecular formula is C15H14N2O3S2. The Labute approximate surface area is 135 Å². The fourth-order valence-electron chi connectivity index (χ4n) is 1.90. The van der Waals surface area contributed by atoms with Gasteiger partial charge in [0.1, 0.15) is 11.9 Å². The average molecular weight is 334 g/mol. The molecule has 3 N–H and O–H groups in total. The Kier molecular flexibility index (Phi) is 4.57. The van der Waals surface area contributed by atoms with Gasteiger partial charge in [0.2, 0.25) is 0 Å². The van der Waals surface area contributed by atoms with Crippen molar-refractivity contribution < 1.29 is 14.3 Å². The van der Waals surface area contributed by atoms with Crippen molar-refractivity contribution in [2.24, 2.45) is 0 Å². The van der Waals surface area contributed by atoms with Crippen molar-refractivity contribution in [3.8, 4) is 11.3 Å². The van der Waals surface area contributed by atoms with E-state index < -0.39 is 6.10 Å². The van der Waals surface area contributed by atoms with E-state index in [4.69, 9.17) is 4.42 Å². The maximum atomic E-state index is 11.7. The summed E-state index contributed by atoms with van der Waals surface area (Å²) in [7, 11) is 0. The third-order valence-corrected chi connectivity index (χ3v) is 4.79. The Hall–Kier alpha value is -2.09. The van der Waals surface area contributed by atoms with Crippen molar-refractivity contribution in [3.63, 3.8) is 0 Å². The van der Waals surface area contributed by atoms with Gasteiger partial charge in [-0.2, -0.15) is 0 Å². The highest BCUT2D eigenvalue weighted by Gasteiger charge is 2.13. The van der Waals surface area contributed by atoms with Crippen molar-refractivity contribution in [3.05, 3.63) is 52.2 Å². The van der Waals surface area contributed by atoms with Crippen LogP contribution in [0.15, 0.2) is 51.8 Å². The van der Waals surface area contributed by atoms with Gasteiger partial charge in [0.15, 0.2) is 0 Å². The lowest BCUT2D eigenvalue weighted by Gasteiger charge is -2.10. The molecule has 0 saturated carbocycles. The Balaban J connectivity index is 1.53. The Bertz CT molecular complexity index is 720. The van der Waals surface area contributed by atoms with Crippen molar-refractivity contribution in [2.75, 3.05) is 11.9 Å². The second-order valence-corrected chi connectivity index (χ2v) is 6.43. The number of aliphatic hydroxyl groups is 1. The SMILES string of the molecule is O=C(NCC(O)c1cc(-c2ccco2)cs1)Nc1cccs1. The predicted octanol–water partition coefficient (Wildman–Crippen LogP) is 3.92. The summed E-state index contributed by atoms with van der Waals surface area (Å²) < 4.78 is 5.32. The van der Waals surface area contributed by atoms with Crippen LogP contribution in [0.5, 0.6) is 0 Å². The van der Waals surface area contributed by atoms with Crippen LogP contribution in [0, 0.1) is 0 Å². The molecule has 3 aromatic rings. The summed E-state index contributed by atoms with van der Waals surface area (Å²) >= 11 is 2.87. The third-order valence-electron chi connectivity index (χ3n) is 2.97. The summed E-state index contributed by atoms with van der Waals surface area (Å²) in [6.45, 7) is 0.148. The first-order chi connectivity index (χ1) is 10.7. The minimum Gasteiger partial charge on any atom is -0.464 e. The van der Waals surface area contributed by atoms with E-state index in [2.05, 4.69) is 10.6 Å². The van der Waals surface area contributed by atoms with E-state index in [1.807, 2.05) is 41.1 Å². The number of aliphatic hydroxyl groups excluding tert-OH is 1. The lowest BCUT2D eigenvalue weighted by atomic mass is 10.2. The highest BCUT2D eigenvalue weighted by molar-refractivity contribution is 7.14. The van der Waals surface area contributed by atoms with Crippen LogP contribution in [0.3, 0.4) is 0 Å². The minimum absolute atomic E-state index is 0.148. The largest absolute Gasteiger partial charge is 0.464 e. The van der Waals surface area contributed by atoms with E-state index >= 15 is 0 Å². The molecule has 22 heavy (non-hydrogen) atoms. The molecule has 0 spiro atoms. The van der Waals surface area contributed by atoms with Crippen LogP contribution < -0.4 is 10.6 Å². The minimum atomic E-state index is -0.747.